The maximum absolute atomic E-state index is 12.8. The minimum absolute atomic E-state index is 0.162. The summed E-state index contributed by atoms with van der Waals surface area (Å²) in [5.74, 6) is -0.342. The fourth-order valence-corrected chi connectivity index (χ4v) is 5.12. The number of amides is 1. The average molecular weight is 437 g/mol. The molecule has 1 saturated heterocycles. The SMILES string of the molecule is Cc1ccc(NC(=O)c2cccc(S(=O)(=O)N3CCCCC3)c2)c(Br)c1. The summed E-state index contributed by atoms with van der Waals surface area (Å²) in [5, 5.41) is 2.82. The first-order chi connectivity index (χ1) is 12.4. The predicted molar refractivity (Wildman–Crippen MR) is 106 cm³/mol. The van der Waals surface area contributed by atoms with Gasteiger partial charge in [-0.2, -0.15) is 4.31 Å². The van der Waals surface area contributed by atoms with E-state index in [9.17, 15) is 13.2 Å². The Morgan fingerprint density at radius 1 is 1.08 bits per heavy atom. The molecule has 0 aliphatic carbocycles. The number of hydrogen-bond acceptors (Lipinski definition) is 3. The first-order valence-corrected chi connectivity index (χ1v) is 10.8. The normalized spacial score (nSPS) is 15.6. The maximum atomic E-state index is 12.8. The zero-order valence-corrected chi connectivity index (χ0v) is 16.9. The lowest BCUT2D eigenvalue weighted by Crippen LogP contribution is -2.35. The van der Waals surface area contributed by atoms with Crippen LogP contribution in [0, 0.1) is 6.92 Å². The molecule has 0 radical (unpaired) electrons. The molecule has 2 aromatic rings. The fraction of sp³-hybridized carbons (Fsp3) is 0.316. The molecule has 1 amide bonds. The molecular weight excluding hydrogens is 416 g/mol. The lowest BCUT2D eigenvalue weighted by molar-refractivity contribution is 0.102. The highest BCUT2D eigenvalue weighted by atomic mass is 79.9. The Hall–Kier alpha value is -1.70. The van der Waals surface area contributed by atoms with Crippen LogP contribution in [0.4, 0.5) is 5.69 Å². The van der Waals surface area contributed by atoms with E-state index < -0.39 is 10.0 Å². The third kappa shape index (κ3) is 4.16. The Bertz CT molecular complexity index is 922. The zero-order valence-electron chi connectivity index (χ0n) is 14.5. The summed E-state index contributed by atoms with van der Waals surface area (Å²) in [6, 6.07) is 11.8. The van der Waals surface area contributed by atoms with Gasteiger partial charge in [0.1, 0.15) is 0 Å². The van der Waals surface area contributed by atoms with Gasteiger partial charge in [0, 0.05) is 23.1 Å². The van der Waals surface area contributed by atoms with Gasteiger partial charge in [0.15, 0.2) is 0 Å². The monoisotopic (exact) mass is 436 g/mol. The molecule has 0 spiro atoms. The standard InChI is InChI=1S/C19H21BrN2O3S/c1-14-8-9-18(17(20)12-14)21-19(23)15-6-5-7-16(13-15)26(24,25)22-10-3-2-4-11-22/h5-9,12-13H,2-4,10-11H2,1H3,(H,21,23). The van der Waals surface area contributed by atoms with E-state index in [1.807, 2.05) is 25.1 Å². The highest BCUT2D eigenvalue weighted by Crippen LogP contribution is 2.25. The van der Waals surface area contributed by atoms with Gasteiger partial charge >= 0.3 is 0 Å². The van der Waals surface area contributed by atoms with Crippen molar-refractivity contribution in [3.05, 3.63) is 58.1 Å². The molecule has 5 nitrogen and oxygen atoms in total. The van der Waals surface area contributed by atoms with Crippen molar-refractivity contribution in [3.63, 3.8) is 0 Å². The molecule has 0 unspecified atom stereocenters. The van der Waals surface area contributed by atoms with E-state index in [1.54, 1.807) is 18.2 Å². The van der Waals surface area contributed by atoms with Gasteiger partial charge in [-0.1, -0.05) is 18.6 Å². The number of rotatable bonds is 4. The number of carbonyl (C=O) groups is 1. The molecule has 7 heteroatoms. The molecule has 0 bridgehead atoms. The van der Waals surface area contributed by atoms with Crippen molar-refractivity contribution in [3.8, 4) is 0 Å². The average Bonchev–Trinajstić information content (AvgIpc) is 2.65. The van der Waals surface area contributed by atoms with Crippen molar-refractivity contribution in [1.29, 1.82) is 0 Å². The predicted octanol–water partition coefficient (Wildman–Crippen LogP) is 4.18. The molecular formula is C19H21BrN2O3S. The largest absolute Gasteiger partial charge is 0.321 e. The van der Waals surface area contributed by atoms with Crippen LogP contribution >= 0.6 is 15.9 Å². The van der Waals surface area contributed by atoms with Gasteiger partial charge in [0.2, 0.25) is 10.0 Å². The molecule has 0 aromatic heterocycles. The number of sulfonamides is 1. The van der Waals surface area contributed by atoms with E-state index in [1.165, 1.54) is 10.4 Å². The van der Waals surface area contributed by atoms with Crippen molar-refractivity contribution >= 4 is 37.5 Å². The molecule has 26 heavy (non-hydrogen) atoms. The summed E-state index contributed by atoms with van der Waals surface area (Å²) in [5.41, 5.74) is 2.03. The van der Waals surface area contributed by atoms with Crippen molar-refractivity contribution in [2.24, 2.45) is 0 Å². The summed E-state index contributed by atoms with van der Waals surface area (Å²) in [6.45, 7) is 3.04. The second-order valence-electron chi connectivity index (χ2n) is 6.43. The van der Waals surface area contributed by atoms with Crippen molar-refractivity contribution < 1.29 is 13.2 Å². The van der Waals surface area contributed by atoms with E-state index in [-0.39, 0.29) is 10.8 Å². The van der Waals surface area contributed by atoms with Gasteiger partial charge in [-0.15, -0.1) is 0 Å². The van der Waals surface area contributed by atoms with E-state index >= 15 is 0 Å². The molecule has 3 rings (SSSR count). The first kappa shape index (κ1) is 19.1. The Labute approximate surface area is 162 Å². The van der Waals surface area contributed by atoms with Crippen LogP contribution in [0.15, 0.2) is 51.8 Å². The van der Waals surface area contributed by atoms with E-state index in [0.717, 1.165) is 29.3 Å². The van der Waals surface area contributed by atoms with Gasteiger partial charge in [0.05, 0.1) is 10.6 Å². The molecule has 1 N–H and O–H groups in total. The third-order valence-electron chi connectivity index (χ3n) is 4.42. The molecule has 1 aliphatic rings. The number of nitrogens with one attached hydrogen (secondary N) is 1. The maximum Gasteiger partial charge on any atom is 0.255 e. The molecule has 138 valence electrons. The number of carbonyl (C=O) groups excluding carboxylic acids is 1. The van der Waals surface area contributed by atoms with Gasteiger partial charge < -0.3 is 5.32 Å². The Balaban J connectivity index is 1.83. The number of piperidine rings is 1. The van der Waals surface area contributed by atoms with Crippen LogP contribution in [0.3, 0.4) is 0 Å². The summed E-state index contributed by atoms with van der Waals surface area (Å²) in [4.78, 5) is 12.7. The molecule has 1 fully saturated rings. The summed E-state index contributed by atoms with van der Waals surface area (Å²) in [6.07, 6.45) is 2.81. The quantitative estimate of drug-likeness (QED) is 0.781. The number of nitrogens with zero attached hydrogens (tertiary/aromatic N) is 1. The number of anilines is 1. The minimum Gasteiger partial charge on any atom is -0.321 e. The Morgan fingerprint density at radius 2 is 1.81 bits per heavy atom. The van der Waals surface area contributed by atoms with E-state index in [4.69, 9.17) is 0 Å². The van der Waals surface area contributed by atoms with Crippen molar-refractivity contribution in [2.45, 2.75) is 31.1 Å². The molecule has 0 saturated carbocycles. The summed E-state index contributed by atoms with van der Waals surface area (Å²) >= 11 is 3.43. The highest BCUT2D eigenvalue weighted by molar-refractivity contribution is 9.10. The van der Waals surface area contributed by atoms with E-state index in [2.05, 4.69) is 21.2 Å². The van der Waals surface area contributed by atoms with Crippen LogP contribution in [0.1, 0.15) is 35.2 Å². The molecule has 0 atom stereocenters. The lowest BCUT2D eigenvalue weighted by atomic mass is 10.2. The van der Waals surface area contributed by atoms with Gasteiger partial charge in [-0.05, 0) is 71.6 Å². The summed E-state index contributed by atoms with van der Waals surface area (Å²) in [7, 11) is -3.56. The lowest BCUT2D eigenvalue weighted by Gasteiger charge is -2.26. The number of aryl methyl sites for hydroxylation is 1. The number of hydrogen-bond donors (Lipinski definition) is 1. The zero-order chi connectivity index (χ0) is 18.7. The first-order valence-electron chi connectivity index (χ1n) is 8.55. The Kier molecular flexibility index (Phi) is 5.79. The molecule has 1 aliphatic heterocycles. The van der Waals surface area contributed by atoms with Crippen LogP contribution in [0.25, 0.3) is 0 Å². The topological polar surface area (TPSA) is 66.5 Å². The highest BCUT2D eigenvalue weighted by Gasteiger charge is 2.26. The second-order valence-corrected chi connectivity index (χ2v) is 9.22. The minimum atomic E-state index is -3.56. The van der Waals surface area contributed by atoms with Crippen LogP contribution in [-0.2, 0) is 10.0 Å². The van der Waals surface area contributed by atoms with Crippen molar-refractivity contribution in [1.82, 2.24) is 4.31 Å². The van der Waals surface area contributed by atoms with Crippen molar-refractivity contribution in [2.75, 3.05) is 18.4 Å². The summed E-state index contributed by atoms with van der Waals surface area (Å²) < 4.78 is 27.9. The second kappa shape index (κ2) is 7.90. The number of benzene rings is 2. The third-order valence-corrected chi connectivity index (χ3v) is 6.97. The van der Waals surface area contributed by atoms with Crippen LogP contribution in [0.2, 0.25) is 0 Å². The smallest absolute Gasteiger partial charge is 0.255 e. The van der Waals surface area contributed by atoms with Gasteiger partial charge in [0.25, 0.3) is 5.91 Å². The van der Waals surface area contributed by atoms with Gasteiger partial charge in [-0.25, -0.2) is 8.42 Å². The van der Waals surface area contributed by atoms with Crippen LogP contribution < -0.4 is 5.32 Å². The van der Waals surface area contributed by atoms with Gasteiger partial charge in [-0.3, -0.25) is 4.79 Å². The van der Waals surface area contributed by atoms with E-state index in [0.29, 0.717) is 24.3 Å². The number of halogens is 1. The molecule has 2 aromatic carbocycles. The molecule has 1 heterocycles. The Morgan fingerprint density at radius 3 is 2.50 bits per heavy atom. The van der Waals surface area contributed by atoms with Crippen LogP contribution in [0.5, 0.6) is 0 Å². The van der Waals surface area contributed by atoms with Crippen LogP contribution in [-0.4, -0.2) is 31.7 Å². The fourth-order valence-electron chi connectivity index (χ4n) is 2.97.